The van der Waals surface area contributed by atoms with Crippen LogP contribution in [0.2, 0.25) is 0 Å². The Morgan fingerprint density at radius 2 is 2.40 bits per heavy atom. The van der Waals surface area contributed by atoms with Crippen molar-refractivity contribution in [2.24, 2.45) is 5.92 Å². The predicted octanol–water partition coefficient (Wildman–Crippen LogP) is 2.01. The summed E-state index contributed by atoms with van der Waals surface area (Å²) < 4.78 is 0. The minimum absolute atomic E-state index is 0.0997. The lowest BCUT2D eigenvalue weighted by atomic mass is 10.1. The largest absolute Gasteiger partial charge is 0.393 e. The summed E-state index contributed by atoms with van der Waals surface area (Å²) in [5.74, 6) is 0.220. The summed E-state index contributed by atoms with van der Waals surface area (Å²) in [7, 11) is 1.78. The van der Waals surface area contributed by atoms with Gasteiger partial charge in [0.05, 0.1) is 12.6 Å². The number of aromatic nitrogens is 1. The van der Waals surface area contributed by atoms with Gasteiger partial charge in [-0.05, 0) is 19.3 Å². The van der Waals surface area contributed by atoms with E-state index in [4.69, 9.17) is 0 Å². The van der Waals surface area contributed by atoms with E-state index in [1.165, 1.54) is 4.88 Å². The summed E-state index contributed by atoms with van der Waals surface area (Å²) in [6, 6.07) is -0.0997. The van der Waals surface area contributed by atoms with Crippen LogP contribution in [0.25, 0.3) is 0 Å². The first-order valence-corrected chi connectivity index (χ1v) is 8.02. The van der Waals surface area contributed by atoms with Crippen molar-refractivity contribution in [2.45, 2.75) is 45.3 Å². The molecule has 6 heteroatoms. The number of amides is 2. The molecule has 2 amide bonds. The molecular formula is C14H23N3O2S. The minimum Gasteiger partial charge on any atom is -0.393 e. The number of aliphatic hydroxyl groups excluding tert-OH is 1. The van der Waals surface area contributed by atoms with Crippen LogP contribution in [0.5, 0.6) is 0 Å². The Labute approximate surface area is 124 Å². The average molecular weight is 297 g/mol. The fourth-order valence-electron chi connectivity index (χ4n) is 2.54. The van der Waals surface area contributed by atoms with Crippen LogP contribution in [0.1, 0.15) is 36.1 Å². The van der Waals surface area contributed by atoms with Crippen LogP contribution in [0, 0.1) is 5.92 Å². The van der Waals surface area contributed by atoms with Gasteiger partial charge in [-0.1, -0.05) is 13.3 Å². The highest BCUT2D eigenvalue weighted by Crippen LogP contribution is 2.25. The van der Waals surface area contributed by atoms with E-state index in [0.29, 0.717) is 13.1 Å². The van der Waals surface area contributed by atoms with Gasteiger partial charge in [0.15, 0.2) is 0 Å². The van der Waals surface area contributed by atoms with Crippen molar-refractivity contribution in [3.63, 3.8) is 0 Å². The van der Waals surface area contributed by atoms with Crippen molar-refractivity contribution in [3.05, 3.63) is 16.1 Å². The van der Waals surface area contributed by atoms with Crippen molar-refractivity contribution >= 4 is 17.4 Å². The van der Waals surface area contributed by atoms with E-state index in [-0.39, 0.29) is 18.1 Å². The Morgan fingerprint density at radius 3 is 3.00 bits per heavy atom. The molecule has 2 rings (SSSR count). The molecule has 1 fully saturated rings. The van der Waals surface area contributed by atoms with Gasteiger partial charge in [0.2, 0.25) is 0 Å². The van der Waals surface area contributed by atoms with Gasteiger partial charge in [-0.2, -0.15) is 0 Å². The molecule has 0 spiro atoms. The van der Waals surface area contributed by atoms with Gasteiger partial charge in [0, 0.05) is 30.6 Å². The van der Waals surface area contributed by atoms with Crippen molar-refractivity contribution in [1.29, 1.82) is 0 Å². The highest BCUT2D eigenvalue weighted by atomic mass is 32.1. The molecule has 112 valence electrons. The molecule has 1 aromatic heterocycles. The van der Waals surface area contributed by atoms with Gasteiger partial charge in [0.1, 0.15) is 5.01 Å². The number of aryl methyl sites for hydroxylation is 1. The normalized spacial score (nSPS) is 21.9. The Balaban J connectivity index is 1.76. The second-order valence-electron chi connectivity index (χ2n) is 5.37. The van der Waals surface area contributed by atoms with Crippen LogP contribution >= 0.6 is 11.3 Å². The number of hydrogen-bond donors (Lipinski definition) is 2. The van der Waals surface area contributed by atoms with E-state index < -0.39 is 0 Å². The zero-order chi connectivity index (χ0) is 14.5. The summed E-state index contributed by atoms with van der Waals surface area (Å²) in [5.41, 5.74) is 0. The third-order valence-corrected chi connectivity index (χ3v) is 4.96. The number of nitrogens with one attached hydrogen (secondary N) is 1. The molecule has 5 nitrogen and oxygen atoms in total. The Hall–Kier alpha value is -1.14. The van der Waals surface area contributed by atoms with Crippen LogP contribution in [-0.2, 0) is 13.0 Å². The molecule has 0 aromatic carbocycles. The van der Waals surface area contributed by atoms with Crippen LogP contribution < -0.4 is 5.32 Å². The van der Waals surface area contributed by atoms with E-state index in [1.807, 2.05) is 6.20 Å². The van der Waals surface area contributed by atoms with E-state index in [0.717, 1.165) is 30.7 Å². The van der Waals surface area contributed by atoms with Gasteiger partial charge < -0.3 is 15.3 Å². The maximum Gasteiger partial charge on any atom is 0.317 e. The Bertz CT molecular complexity index is 449. The van der Waals surface area contributed by atoms with Crippen LogP contribution in [0.4, 0.5) is 4.79 Å². The third kappa shape index (κ3) is 3.93. The second kappa shape index (κ2) is 7.04. The number of aliphatic hydroxyl groups is 1. The molecule has 1 aliphatic carbocycles. The molecule has 1 aliphatic rings. The molecule has 0 radical (unpaired) electrons. The summed E-state index contributed by atoms with van der Waals surface area (Å²) >= 11 is 1.64. The molecule has 2 atom stereocenters. The summed E-state index contributed by atoms with van der Waals surface area (Å²) in [5, 5.41) is 13.6. The Kier molecular flexibility index (Phi) is 5.37. The number of nitrogens with zero attached hydrogens (tertiary/aromatic N) is 2. The van der Waals surface area contributed by atoms with E-state index in [1.54, 1.807) is 23.3 Å². The minimum atomic E-state index is -0.253. The van der Waals surface area contributed by atoms with Crippen LogP contribution in [0.15, 0.2) is 6.20 Å². The summed E-state index contributed by atoms with van der Waals surface area (Å²) in [6.45, 7) is 3.18. The molecule has 1 saturated carbocycles. The standard InChI is InChI=1S/C14H23N3O2S/c1-3-11-7-15-13(20-11)8-16-14(19)17(2)9-10-5-4-6-12(10)18/h7,10,12,18H,3-6,8-9H2,1-2H3,(H,16,19). The maximum absolute atomic E-state index is 12.0. The molecule has 20 heavy (non-hydrogen) atoms. The molecule has 0 bridgehead atoms. The van der Waals surface area contributed by atoms with Gasteiger partial charge in [-0.25, -0.2) is 9.78 Å². The number of thiazole rings is 1. The molecule has 1 heterocycles. The maximum atomic E-state index is 12.0. The number of urea groups is 1. The average Bonchev–Trinajstić information content (AvgIpc) is 3.05. The zero-order valence-electron chi connectivity index (χ0n) is 12.1. The van der Waals surface area contributed by atoms with Gasteiger partial charge in [-0.15, -0.1) is 11.3 Å². The molecule has 0 aliphatic heterocycles. The number of carbonyl (C=O) groups excluding carboxylic acids is 1. The van der Waals surface area contributed by atoms with Gasteiger partial charge >= 0.3 is 6.03 Å². The Morgan fingerprint density at radius 1 is 1.60 bits per heavy atom. The van der Waals surface area contributed by atoms with E-state index in [2.05, 4.69) is 17.2 Å². The highest BCUT2D eigenvalue weighted by Gasteiger charge is 2.27. The lowest BCUT2D eigenvalue weighted by Crippen LogP contribution is -2.40. The molecule has 2 unspecified atom stereocenters. The van der Waals surface area contributed by atoms with E-state index in [9.17, 15) is 9.90 Å². The van der Waals surface area contributed by atoms with Crippen molar-refractivity contribution in [2.75, 3.05) is 13.6 Å². The first-order valence-electron chi connectivity index (χ1n) is 7.20. The fourth-order valence-corrected chi connectivity index (χ4v) is 3.35. The van der Waals surface area contributed by atoms with Crippen molar-refractivity contribution in [3.8, 4) is 0 Å². The fraction of sp³-hybridized carbons (Fsp3) is 0.714. The molecular weight excluding hydrogens is 274 g/mol. The van der Waals surface area contributed by atoms with Gasteiger partial charge in [-0.3, -0.25) is 0 Å². The number of hydrogen-bond acceptors (Lipinski definition) is 4. The monoisotopic (exact) mass is 297 g/mol. The lowest BCUT2D eigenvalue weighted by Gasteiger charge is -2.23. The SMILES string of the molecule is CCc1cnc(CNC(=O)N(C)CC2CCCC2O)s1. The quantitative estimate of drug-likeness (QED) is 0.873. The highest BCUT2D eigenvalue weighted by molar-refractivity contribution is 7.11. The van der Waals surface area contributed by atoms with Crippen LogP contribution in [0.3, 0.4) is 0 Å². The second-order valence-corrected chi connectivity index (χ2v) is 6.57. The van der Waals surface area contributed by atoms with Crippen LogP contribution in [-0.4, -0.2) is 40.7 Å². The third-order valence-electron chi connectivity index (χ3n) is 3.81. The summed E-state index contributed by atoms with van der Waals surface area (Å²) in [6.07, 6.45) is 5.51. The molecule has 1 aromatic rings. The number of carbonyl (C=O) groups is 1. The van der Waals surface area contributed by atoms with E-state index >= 15 is 0 Å². The molecule has 0 saturated heterocycles. The van der Waals surface area contributed by atoms with Gasteiger partial charge in [0.25, 0.3) is 0 Å². The number of rotatable bonds is 5. The zero-order valence-corrected chi connectivity index (χ0v) is 12.9. The van der Waals surface area contributed by atoms with Crippen molar-refractivity contribution < 1.29 is 9.90 Å². The topological polar surface area (TPSA) is 65.5 Å². The summed E-state index contributed by atoms with van der Waals surface area (Å²) in [4.78, 5) is 19.2. The smallest absolute Gasteiger partial charge is 0.317 e. The van der Waals surface area contributed by atoms with Crippen molar-refractivity contribution in [1.82, 2.24) is 15.2 Å². The first kappa shape index (κ1) is 15.3. The predicted molar refractivity (Wildman–Crippen MR) is 79.7 cm³/mol. The lowest BCUT2D eigenvalue weighted by molar-refractivity contribution is 0.114. The first-order chi connectivity index (χ1) is 9.60. The molecule has 2 N–H and O–H groups in total.